The van der Waals surface area contributed by atoms with Crippen LogP contribution in [-0.2, 0) is 0 Å². The molecule has 0 fully saturated rings. The Balaban J connectivity index is 2.91. The number of aliphatic hydroxyl groups is 1. The largest absolute Gasteiger partial charge is 0.396 e. The monoisotopic (exact) mass is 193 g/mol. The Morgan fingerprint density at radius 3 is 2.21 bits per heavy atom. The first kappa shape index (κ1) is 11.2. The summed E-state index contributed by atoms with van der Waals surface area (Å²) in [7, 11) is 1.93. The molecule has 1 atom stereocenters. The summed E-state index contributed by atoms with van der Waals surface area (Å²) >= 11 is 0. The molecule has 0 radical (unpaired) electrons. The molecule has 14 heavy (non-hydrogen) atoms. The van der Waals surface area contributed by atoms with Crippen molar-refractivity contribution in [3.05, 3.63) is 34.9 Å². The number of nitrogens with one attached hydrogen (secondary N) is 1. The molecule has 0 saturated heterocycles. The van der Waals surface area contributed by atoms with Crippen molar-refractivity contribution in [1.29, 1.82) is 0 Å². The Hall–Kier alpha value is -0.860. The van der Waals surface area contributed by atoms with Gasteiger partial charge in [0.1, 0.15) is 0 Å². The topological polar surface area (TPSA) is 32.3 Å². The van der Waals surface area contributed by atoms with Crippen LogP contribution in [0.3, 0.4) is 0 Å². The lowest BCUT2D eigenvalue weighted by Gasteiger charge is -2.16. The molecule has 2 heteroatoms. The summed E-state index contributed by atoms with van der Waals surface area (Å²) in [5.74, 6) is 0. The number of benzene rings is 1. The van der Waals surface area contributed by atoms with E-state index in [9.17, 15) is 0 Å². The highest BCUT2D eigenvalue weighted by molar-refractivity contribution is 5.30. The van der Waals surface area contributed by atoms with E-state index >= 15 is 0 Å². The lowest BCUT2D eigenvalue weighted by Crippen LogP contribution is -2.17. The van der Waals surface area contributed by atoms with E-state index < -0.39 is 0 Å². The molecule has 0 aliphatic rings. The van der Waals surface area contributed by atoms with Crippen molar-refractivity contribution >= 4 is 0 Å². The third-order valence-electron chi connectivity index (χ3n) is 2.41. The zero-order valence-electron chi connectivity index (χ0n) is 9.17. The molecule has 0 aromatic heterocycles. The Bertz CT molecular complexity index is 276. The lowest BCUT2D eigenvalue weighted by atomic mass is 9.99. The molecule has 0 aliphatic heterocycles. The van der Waals surface area contributed by atoms with Crippen molar-refractivity contribution in [2.45, 2.75) is 26.3 Å². The molecule has 0 heterocycles. The number of aryl methyl sites for hydroxylation is 2. The molecular formula is C12H19NO. The van der Waals surface area contributed by atoms with Crippen LogP contribution < -0.4 is 5.32 Å². The van der Waals surface area contributed by atoms with Crippen molar-refractivity contribution in [1.82, 2.24) is 5.32 Å². The van der Waals surface area contributed by atoms with E-state index in [0.29, 0.717) is 0 Å². The SMILES string of the molecule is CNC(CCO)c1cc(C)cc(C)c1. The van der Waals surface area contributed by atoms with Crippen molar-refractivity contribution in [3.63, 3.8) is 0 Å². The van der Waals surface area contributed by atoms with Crippen LogP contribution >= 0.6 is 0 Å². The second-order valence-corrected chi connectivity index (χ2v) is 3.77. The second-order valence-electron chi connectivity index (χ2n) is 3.77. The second kappa shape index (κ2) is 5.13. The van der Waals surface area contributed by atoms with Gasteiger partial charge in [0, 0.05) is 12.6 Å². The van der Waals surface area contributed by atoms with Crippen molar-refractivity contribution < 1.29 is 5.11 Å². The predicted octanol–water partition coefficient (Wildman–Crippen LogP) is 1.95. The van der Waals surface area contributed by atoms with E-state index in [4.69, 9.17) is 5.11 Å². The van der Waals surface area contributed by atoms with Crippen LogP contribution in [0.1, 0.15) is 29.2 Å². The molecule has 1 unspecified atom stereocenters. The van der Waals surface area contributed by atoms with Gasteiger partial charge in [-0.25, -0.2) is 0 Å². The summed E-state index contributed by atoms with van der Waals surface area (Å²) in [5, 5.41) is 12.1. The van der Waals surface area contributed by atoms with Crippen LogP contribution in [0.25, 0.3) is 0 Å². The normalized spacial score (nSPS) is 12.9. The molecule has 0 saturated carbocycles. The first-order chi connectivity index (χ1) is 6.67. The summed E-state index contributed by atoms with van der Waals surface area (Å²) in [6.45, 7) is 4.42. The fraction of sp³-hybridized carbons (Fsp3) is 0.500. The summed E-state index contributed by atoms with van der Waals surface area (Å²) < 4.78 is 0. The van der Waals surface area contributed by atoms with Gasteiger partial charge in [0.25, 0.3) is 0 Å². The van der Waals surface area contributed by atoms with Crippen LogP contribution in [0.15, 0.2) is 18.2 Å². The number of aliphatic hydroxyl groups excluding tert-OH is 1. The van der Waals surface area contributed by atoms with Gasteiger partial charge < -0.3 is 10.4 Å². The summed E-state index contributed by atoms with van der Waals surface area (Å²) in [4.78, 5) is 0. The molecule has 0 amide bonds. The first-order valence-electron chi connectivity index (χ1n) is 5.03. The summed E-state index contributed by atoms with van der Waals surface area (Å²) in [5.41, 5.74) is 3.82. The molecule has 0 aliphatic carbocycles. The Morgan fingerprint density at radius 1 is 1.21 bits per heavy atom. The van der Waals surface area contributed by atoms with Gasteiger partial charge in [0.15, 0.2) is 0 Å². The summed E-state index contributed by atoms with van der Waals surface area (Å²) in [6, 6.07) is 6.77. The molecule has 1 aromatic carbocycles. The molecule has 2 N–H and O–H groups in total. The van der Waals surface area contributed by atoms with Crippen LogP contribution in [0.2, 0.25) is 0 Å². The fourth-order valence-corrected chi connectivity index (χ4v) is 1.82. The van der Waals surface area contributed by atoms with E-state index in [1.165, 1.54) is 16.7 Å². The van der Waals surface area contributed by atoms with Crippen LogP contribution in [0, 0.1) is 13.8 Å². The predicted molar refractivity (Wildman–Crippen MR) is 59.4 cm³/mol. The minimum absolute atomic E-state index is 0.221. The number of hydrogen-bond acceptors (Lipinski definition) is 2. The highest BCUT2D eigenvalue weighted by Crippen LogP contribution is 2.19. The zero-order chi connectivity index (χ0) is 10.6. The van der Waals surface area contributed by atoms with Crippen LogP contribution in [0.5, 0.6) is 0 Å². The van der Waals surface area contributed by atoms with E-state index in [0.717, 1.165) is 6.42 Å². The number of rotatable bonds is 4. The molecule has 0 spiro atoms. The molecule has 1 rings (SSSR count). The van der Waals surface area contributed by atoms with Gasteiger partial charge in [0.05, 0.1) is 0 Å². The van der Waals surface area contributed by atoms with E-state index in [-0.39, 0.29) is 12.6 Å². The molecule has 1 aromatic rings. The van der Waals surface area contributed by atoms with Gasteiger partial charge in [-0.1, -0.05) is 29.3 Å². The summed E-state index contributed by atoms with van der Waals surface area (Å²) in [6.07, 6.45) is 0.763. The highest BCUT2D eigenvalue weighted by atomic mass is 16.3. The maximum absolute atomic E-state index is 8.93. The standard InChI is InChI=1S/C12H19NO/c1-9-6-10(2)8-11(7-9)12(13-3)4-5-14/h6-8,12-14H,4-5H2,1-3H3. The van der Waals surface area contributed by atoms with Crippen LogP contribution in [-0.4, -0.2) is 18.8 Å². The average Bonchev–Trinajstić information content (AvgIpc) is 2.12. The molecule has 0 bridgehead atoms. The maximum atomic E-state index is 8.93. The third kappa shape index (κ3) is 2.82. The van der Waals surface area contributed by atoms with E-state index in [1.54, 1.807) is 0 Å². The highest BCUT2D eigenvalue weighted by Gasteiger charge is 2.08. The fourth-order valence-electron chi connectivity index (χ4n) is 1.82. The van der Waals surface area contributed by atoms with Gasteiger partial charge in [-0.15, -0.1) is 0 Å². The van der Waals surface area contributed by atoms with E-state index in [2.05, 4.69) is 37.4 Å². The molecule has 2 nitrogen and oxygen atoms in total. The quantitative estimate of drug-likeness (QED) is 0.766. The smallest absolute Gasteiger partial charge is 0.0449 e. The first-order valence-corrected chi connectivity index (χ1v) is 5.03. The van der Waals surface area contributed by atoms with Gasteiger partial charge in [-0.3, -0.25) is 0 Å². The third-order valence-corrected chi connectivity index (χ3v) is 2.41. The lowest BCUT2D eigenvalue weighted by molar-refractivity contribution is 0.269. The van der Waals surface area contributed by atoms with Crippen molar-refractivity contribution in [3.8, 4) is 0 Å². The Labute approximate surface area is 86.0 Å². The average molecular weight is 193 g/mol. The van der Waals surface area contributed by atoms with E-state index in [1.807, 2.05) is 7.05 Å². The molecular weight excluding hydrogens is 174 g/mol. The van der Waals surface area contributed by atoms with Crippen molar-refractivity contribution in [2.24, 2.45) is 0 Å². The van der Waals surface area contributed by atoms with Crippen molar-refractivity contribution in [2.75, 3.05) is 13.7 Å². The Morgan fingerprint density at radius 2 is 1.79 bits per heavy atom. The molecule has 78 valence electrons. The van der Waals surface area contributed by atoms with Gasteiger partial charge in [0.2, 0.25) is 0 Å². The maximum Gasteiger partial charge on any atom is 0.0449 e. The Kier molecular flexibility index (Phi) is 4.11. The number of hydrogen-bond donors (Lipinski definition) is 2. The minimum Gasteiger partial charge on any atom is -0.396 e. The van der Waals surface area contributed by atoms with Gasteiger partial charge in [-0.05, 0) is 32.9 Å². The zero-order valence-corrected chi connectivity index (χ0v) is 9.17. The van der Waals surface area contributed by atoms with Gasteiger partial charge >= 0.3 is 0 Å². The van der Waals surface area contributed by atoms with Gasteiger partial charge in [-0.2, -0.15) is 0 Å². The minimum atomic E-state index is 0.221. The van der Waals surface area contributed by atoms with Crippen LogP contribution in [0.4, 0.5) is 0 Å².